The van der Waals surface area contributed by atoms with Crippen molar-refractivity contribution in [3.05, 3.63) is 11.2 Å². The second kappa shape index (κ2) is 3.49. The normalized spacial score (nSPS) is 8.12. The molecule has 8 heavy (non-hydrogen) atoms. The average molecular weight is 180 g/mol. The predicted molar refractivity (Wildman–Crippen MR) is 33.7 cm³/mol. The fraction of sp³-hybridized carbons (Fsp3) is 0.250. The molecule has 0 atom stereocenters. The van der Waals surface area contributed by atoms with E-state index in [1.165, 1.54) is 0 Å². The number of aliphatic carboxylic acids is 1. The molecule has 0 aliphatic carbocycles. The van der Waals surface area contributed by atoms with Crippen LogP contribution in [0.4, 0.5) is 0 Å². The quantitative estimate of drug-likeness (QED) is 0.622. The van der Waals surface area contributed by atoms with Crippen molar-refractivity contribution < 1.29 is 9.90 Å². The van der Waals surface area contributed by atoms with Crippen LogP contribution in [0.25, 0.3) is 0 Å². The lowest BCUT2D eigenvalue weighted by Crippen LogP contribution is -2.18. The van der Waals surface area contributed by atoms with Crippen molar-refractivity contribution in [2.24, 2.45) is 0 Å². The Labute approximate surface area is 55.5 Å². The molecule has 0 aromatic carbocycles. The first-order chi connectivity index (χ1) is 3.63. The number of nitrogens with one attached hydrogen (secondary N) is 1. The van der Waals surface area contributed by atoms with Crippen LogP contribution in [0.15, 0.2) is 11.2 Å². The summed E-state index contributed by atoms with van der Waals surface area (Å²) in [6, 6.07) is 0. The summed E-state index contributed by atoms with van der Waals surface area (Å²) in [6.45, 7) is 3.28. The van der Waals surface area contributed by atoms with Crippen LogP contribution in [-0.4, -0.2) is 17.6 Å². The molecule has 0 fully saturated rings. The summed E-state index contributed by atoms with van der Waals surface area (Å²) in [5, 5.41) is 10.5. The van der Waals surface area contributed by atoms with E-state index in [4.69, 9.17) is 5.11 Å². The summed E-state index contributed by atoms with van der Waals surface area (Å²) in [5.41, 5.74) is 0. The number of hydrogen-bond acceptors (Lipinski definition) is 2. The van der Waals surface area contributed by atoms with Crippen molar-refractivity contribution in [2.45, 2.75) is 0 Å². The Bertz CT molecular complexity index is 98.6. The lowest BCUT2D eigenvalue weighted by atomic mass is 10.7. The molecule has 0 bridgehead atoms. The van der Waals surface area contributed by atoms with E-state index in [0.29, 0.717) is 4.61 Å². The monoisotopic (exact) mass is 179 g/mol. The number of hydrogen-bond donors (Lipinski definition) is 2. The molecule has 0 amide bonds. The molecule has 46 valence electrons. The molecule has 2 N–H and O–H groups in total. The Balaban J connectivity index is 3.18. The molecule has 0 aliphatic heterocycles. The van der Waals surface area contributed by atoms with Gasteiger partial charge >= 0.3 is 5.97 Å². The summed E-state index contributed by atoms with van der Waals surface area (Å²) in [4.78, 5) is 9.78. The van der Waals surface area contributed by atoms with Gasteiger partial charge in [0, 0.05) is 0 Å². The van der Waals surface area contributed by atoms with Crippen LogP contribution in [0.5, 0.6) is 0 Å². The van der Waals surface area contributed by atoms with Gasteiger partial charge in [-0.25, -0.2) is 0 Å². The first kappa shape index (κ1) is 7.49. The number of rotatable bonds is 3. The second-order valence-corrected chi connectivity index (χ2v) is 2.11. The lowest BCUT2D eigenvalue weighted by molar-refractivity contribution is -0.135. The van der Waals surface area contributed by atoms with Gasteiger partial charge in [-0.15, -0.1) is 0 Å². The molecule has 0 unspecified atom stereocenters. The number of halogens is 1. The molecule has 0 rings (SSSR count). The molecule has 0 saturated heterocycles. The third-order valence-electron chi connectivity index (χ3n) is 0.431. The van der Waals surface area contributed by atoms with Crippen molar-refractivity contribution in [1.29, 1.82) is 0 Å². The zero-order valence-corrected chi connectivity index (χ0v) is 5.73. The van der Waals surface area contributed by atoms with Crippen molar-refractivity contribution in [3.63, 3.8) is 0 Å². The molecule has 0 aromatic heterocycles. The topological polar surface area (TPSA) is 49.3 Å². The summed E-state index contributed by atoms with van der Waals surface area (Å²) in [6.07, 6.45) is 0. The Hall–Kier alpha value is -0.510. The third kappa shape index (κ3) is 5.49. The first-order valence-corrected chi connectivity index (χ1v) is 2.72. The van der Waals surface area contributed by atoms with E-state index in [0.717, 1.165) is 0 Å². The summed E-state index contributed by atoms with van der Waals surface area (Å²) in [7, 11) is 0. The Morgan fingerprint density at radius 2 is 2.38 bits per heavy atom. The van der Waals surface area contributed by atoms with Crippen LogP contribution in [-0.2, 0) is 4.79 Å². The SMILES string of the molecule is C=C(Br)NCC(=O)O. The van der Waals surface area contributed by atoms with E-state index < -0.39 is 5.97 Å². The molecule has 0 aliphatic rings. The van der Waals surface area contributed by atoms with E-state index in [1.807, 2.05) is 0 Å². The minimum absolute atomic E-state index is 0.0932. The maximum Gasteiger partial charge on any atom is 0.322 e. The van der Waals surface area contributed by atoms with E-state index in [9.17, 15) is 4.79 Å². The van der Waals surface area contributed by atoms with Crippen molar-refractivity contribution >= 4 is 21.9 Å². The van der Waals surface area contributed by atoms with Crippen LogP contribution < -0.4 is 5.32 Å². The van der Waals surface area contributed by atoms with Crippen LogP contribution in [0.2, 0.25) is 0 Å². The largest absolute Gasteiger partial charge is 0.480 e. The average Bonchev–Trinajstić information content (AvgIpc) is 1.61. The fourth-order valence-corrected chi connectivity index (χ4v) is 0.312. The smallest absolute Gasteiger partial charge is 0.322 e. The maximum atomic E-state index is 9.78. The zero-order chi connectivity index (χ0) is 6.57. The van der Waals surface area contributed by atoms with Crippen molar-refractivity contribution in [2.75, 3.05) is 6.54 Å². The number of carboxylic acids is 1. The minimum atomic E-state index is -0.898. The first-order valence-electron chi connectivity index (χ1n) is 1.93. The Morgan fingerprint density at radius 1 is 1.88 bits per heavy atom. The van der Waals surface area contributed by atoms with Gasteiger partial charge in [-0.1, -0.05) is 6.58 Å². The highest BCUT2D eigenvalue weighted by molar-refractivity contribution is 9.11. The van der Waals surface area contributed by atoms with Crippen LogP contribution in [0, 0.1) is 0 Å². The van der Waals surface area contributed by atoms with Gasteiger partial charge in [0.05, 0.1) is 4.61 Å². The van der Waals surface area contributed by atoms with E-state index in [2.05, 4.69) is 27.8 Å². The van der Waals surface area contributed by atoms with Crippen molar-refractivity contribution in [1.82, 2.24) is 5.32 Å². The lowest BCUT2D eigenvalue weighted by Gasteiger charge is -1.95. The van der Waals surface area contributed by atoms with Crippen LogP contribution >= 0.6 is 15.9 Å². The zero-order valence-electron chi connectivity index (χ0n) is 4.15. The number of carboxylic acid groups (broad SMARTS) is 1. The van der Waals surface area contributed by atoms with Gasteiger partial charge in [-0.05, 0) is 15.9 Å². The van der Waals surface area contributed by atoms with Crippen LogP contribution in [0.3, 0.4) is 0 Å². The molecule has 0 heterocycles. The number of carbonyl (C=O) groups is 1. The molecule has 0 radical (unpaired) electrons. The molecular formula is C4H6BrNO2. The molecule has 0 saturated carbocycles. The molecule has 0 spiro atoms. The van der Waals surface area contributed by atoms with Gasteiger partial charge in [0.25, 0.3) is 0 Å². The Morgan fingerprint density at radius 3 is 2.50 bits per heavy atom. The van der Waals surface area contributed by atoms with Gasteiger partial charge in [-0.2, -0.15) is 0 Å². The standard InChI is InChI=1S/C4H6BrNO2/c1-3(5)6-2-4(7)8/h6H,1-2H2,(H,7,8). The molecule has 0 aromatic rings. The fourth-order valence-electron chi connectivity index (χ4n) is 0.172. The second-order valence-electron chi connectivity index (χ2n) is 1.15. The van der Waals surface area contributed by atoms with E-state index in [1.54, 1.807) is 0 Å². The maximum absolute atomic E-state index is 9.78. The highest BCUT2D eigenvalue weighted by Crippen LogP contribution is 1.91. The van der Waals surface area contributed by atoms with Gasteiger partial charge in [0.1, 0.15) is 6.54 Å². The summed E-state index contributed by atoms with van der Waals surface area (Å²) < 4.78 is 0.486. The Kier molecular flexibility index (Phi) is 3.26. The molecule has 4 heteroatoms. The third-order valence-corrected chi connectivity index (χ3v) is 0.712. The van der Waals surface area contributed by atoms with Gasteiger partial charge < -0.3 is 10.4 Å². The van der Waals surface area contributed by atoms with Gasteiger partial charge in [0.2, 0.25) is 0 Å². The van der Waals surface area contributed by atoms with Gasteiger partial charge in [0.15, 0.2) is 0 Å². The summed E-state index contributed by atoms with van der Waals surface area (Å²) >= 11 is 2.93. The van der Waals surface area contributed by atoms with Crippen molar-refractivity contribution in [3.8, 4) is 0 Å². The minimum Gasteiger partial charge on any atom is -0.480 e. The van der Waals surface area contributed by atoms with Crippen LogP contribution in [0.1, 0.15) is 0 Å². The van der Waals surface area contributed by atoms with E-state index >= 15 is 0 Å². The highest BCUT2D eigenvalue weighted by Gasteiger charge is 1.92. The predicted octanol–water partition coefficient (Wildman–Crippen LogP) is 0.527. The van der Waals surface area contributed by atoms with Gasteiger partial charge in [-0.3, -0.25) is 4.79 Å². The highest BCUT2D eigenvalue weighted by atomic mass is 79.9. The molecular weight excluding hydrogens is 174 g/mol. The summed E-state index contributed by atoms with van der Waals surface area (Å²) in [5.74, 6) is -0.898. The van der Waals surface area contributed by atoms with E-state index in [-0.39, 0.29) is 6.54 Å². The molecule has 3 nitrogen and oxygen atoms in total.